The van der Waals surface area contributed by atoms with Gasteiger partial charge < -0.3 is 20.0 Å². The van der Waals surface area contributed by atoms with Crippen molar-refractivity contribution >= 4 is 22.8 Å². The molecule has 6 nitrogen and oxygen atoms in total. The molecular formula is C23H33FN4O2. The summed E-state index contributed by atoms with van der Waals surface area (Å²) in [6.45, 7) is 8.11. The maximum absolute atomic E-state index is 13.5. The van der Waals surface area contributed by atoms with E-state index in [0.29, 0.717) is 18.1 Å². The van der Waals surface area contributed by atoms with Crippen LogP contribution in [-0.4, -0.2) is 42.9 Å². The number of furan rings is 1. The van der Waals surface area contributed by atoms with E-state index in [1.54, 1.807) is 13.1 Å². The minimum Gasteiger partial charge on any atom is -0.459 e. The molecule has 0 atom stereocenters. The van der Waals surface area contributed by atoms with Gasteiger partial charge in [-0.2, -0.15) is 0 Å². The molecule has 0 unspecified atom stereocenters. The smallest absolute Gasteiger partial charge is 0.225 e. The van der Waals surface area contributed by atoms with Gasteiger partial charge in [-0.1, -0.05) is 13.8 Å². The Hall–Kier alpha value is -2.57. The molecule has 3 rings (SSSR count). The Bertz CT molecular complexity index is 896. The number of carbonyl (C=O) groups excluding carboxylic acids is 1. The molecule has 1 fully saturated rings. The number of hydrogen-bond acceptors (Lipinski definition) is 3. The molecule has 1 aromatic carbocycles. The van der Waals surface area contributed by atoms with Gasteiger partial charge in [-0.25, -0.2) is 4.39 Å². The van der Waals surface area contributed by atoms with E-state index in [4.69, 9.17) is 4.42 Å². The van der Waals surface area contributed by atoms with Crippen LogP contribution in [0.3, 0.4) is 0 Å². The first-order valence-electron chi connectivity index (χ1n) is 10.9. The number of benzene rings is 1. The first-order valence-corrected chi connectivity index (χ1v) is 10.9. The predicted molar refractivity (Wildman–Crippen MR) is 118 cm³/mol. The molecule has 0 saturated carbocycles. The van der Waals surface area contributed by atoms with Crippen molar-refractivity contribution in [2.24, 2.45) is 10.9 Å². The van der Waals surface area contributed by atoms with Crippen LogP contribution in [0.4, 0.5) is 4.39 Å². The molecule has 2 heterocycles. The van der Waals surface area contributed by atoms with Gasteiger partial charge in [0.2, 0.25) is 5.91 Å². The largest absolute Gasteiger partial charge is 0.459 e. The van der Waals surface area contributed by atoms with Crippen molar-refractivity contribution in [3.8, 4) is 0 Å². The second kappa shape index (κ2) is 9.96. The van der Waals surface area contributed by atoms with Gasteiger partial charge in [-0.3, -0.25) is 9.79 Å². The molecule has 2 aromatic rings. The summed E-state index contributed by atoms with van der Waals surface area (Å²) in [5.74, 6) is 1.63. The third-order valence-electron chi connectivity index (χ3n) is 6.12. The Morgan fingerprint density at radius 1 is 1.30 bits per heavy atom. The summed E-state index contributed by atoms with van der Waals surface area (Å²) < 4.78 is 19.4. The van der Waals surface area contributed by atoms with E-state index in [0.717, 1.165) is 55.5 Å². The van der Waals surface area contributed by atoms with E-state index in [1.807, 2.05) is 11.8 Å². The molecule has 1 aliphatic heterocycles. The average Bonchev–Trinajstić information content (AvgIpc) is 3.07. The fourth-order valence-corrected chi connectivity index (χ4v) is 4.10. The summed E-state index contributed by atoms with van der Waals surface area (Å²) in [4.78, 5) is 18.9. The molecule has 164 valence electrons. The van der Waals surface area contributed by atoms with Gasteiger partial charge in [0.25, 0.3) is 0 Å². The molecule has 1 saturated heterocycles. The summed E-state index contributed by atoms with van der Waals surface area (Å²) in [6.07, 6.45) is 3.60. The number of halogens is 1. The number of carbonyl (C=O) groups is 1. The highest BCUT2D eigenvalue weighted by Crippen LogP contribution is 2.26. The van der Waals surface area contributed by atoms with Crippen molar-refractivity contribution in [1.82, 2.24) is 15.5 Å². The number of nitrogens with zero attached hydrogens (tertiary/aromatic N) is 2. The molecule has 0 spiro atoms. The Kier molecular flexibility index (Phi) is 7.34. The minimum absolute atomic E-state index is 0.143. The number of piperidine rings is 1. The van der Waals surface area contributed by atoms with Crippen LogP contribution in [0.15, 0.2) is 27.6 Å². The lowest BCUT2D eigenvalue weighted by Crippen LogP contribution is -2.50. The van der Waals surface area contributed by atoms with Crippen molar-refractivity contribution in [2.45, 2.75) is 59.0 Å². The van der Waals surface area contributed by atoms with Crippen LogP contribution in [0.2, 0.25) is 0 Å². The lowest BCUT2D eigenvalue weighted by atomic mass is 9.98. The lowest BCUT2D eigenvalue weighted by Gasteiger charge is -2.34. The number of likely N-dealkylation sites (tertiary alicyclic amines) is 1. The second-order valence-corrected chi connectivity index (χ2v) is 7.97. The highest BCUT2D eigenvalue weighted by molar-refractivity contribution is 5.83. The number of nitrogens with one attached hydrogen (secondary N) is 2. The molecule has 7 heteroatoms. The van der Waals surface area contributed by atoms with E-state index in [2.05, 4.69) is 29.5 Å². The fraction of sp³-hybridized carbons (Fsp3) is 0.565. The van der Waals surface area contributed by atoms with Gasteiger partial charge in [0, 0.05) is 43.0 Å². The topological polar surface area (TPSA) is 69.9 Å². The number of aryl methyl sites for hydroxylation is 1. The predicted octanol–water partition coefficient (Wildman–Crippen LogP) is 3.97. The van der Waals surface area contributed by atoms with E-state index in [1.165, 1.54) is 12.1 Å². The standard InChI is InChI=1S/C23H33FN4O2/c1-5-16(6-2)22(29)28-11-9-18(10-12-28)27-23(25-4)26-14-21-15(3)19-13-17(24)7-8-20(19)30-21/h7-8,13,16,18H,5-6,9-12,14H2,1-4H3,(H2,25,26,27). The number of rotatable bonds is 6. The summed E-state index contributed by atoms with van der Waals surface area (Å²) >= 11 is 0. The third-order valence-corrected chi connectivity index (χ3v) is 6.12. The fourth-order valence-electron chi connectivity index (χ4n) is 4.10. The van der Waals surface area contributed by atoms with Crippen molar-refractivity contribution in [3.05, 3.63) is 35.3 Å². The average molecular weight is 417 g/mol. The van der Waals surface area contributed by atoms with Gasteiger partial charge in [-0.05, 0) is 50.8 Å². The zero-order valence-corrected chi connectivity index (χ0v) is 18.4. The van der Waals surface area contributed by atoms with Gasteiger partial charge in [0.05, 0.1) is 6.54 Å². The van der Waals surface area contributed by atoms with E-state index in [-0.39, 0.29) is 23.7 Å². The Balaban J connectivity index is 1.52. The molecule has 1 amide bonds. The first-order chi connectivity index (χ1) is 14.5. The van der Waals surface area contributed by atoms with Gasteiger partial charge in [0.1, 0.15) is 17.2 Å². The van der Waals surface area contributed by atoms with Crippen LogP contribution in [0, 0.1) is 18.7 Å². The summed E-state index contributed by atoms with van der Waals surface area (Å²) in [5.41, 5.74) is 1.61. The maximum atomic E-state index is 13.5. The Morgan fingerprint density at radius 2 is 2.00 bits per heavy atom. The zero-order chi connectivity index (χ0) is 21.7. The molecule has 0 radical (unpaired) electrons. The first kappa shape index (κ1) is 22.1. The molecule has 1 aliphatic rings. The highest BCUT2D eigenvalue weighted by atomic mass is 19.1. The van der Waals surface area contributed by atoms with Crippen LogP contribution < -0.4 is 10.6 Å². The molecule has 0 bridgehead atoms. The van der Waals surface area contributed by atoms with Crippen LogP contribution >= 0.6 is 0 Å². The van der Waals surface area contributed by atoms with Crippen LogP contribution in [-0.2, 0) is 11.3 Å². The number of hydrogen-bond donors (Lipinski definition) is 2. The molecule has 1 aromatic heterocycles. The summed E-state index contributed by atoms with van der Waals surface area (Å²) in [7, 11) is 1.74. The van der Waals surface area contributed by atoms with Gasteiger partial charge in [0.15, 0.2) is 5.96 Å². The monoisotopic (exact) mass is 416 g/mol. The maximum Gasteiger partial charge on any atom is 0.225 e. The Labute approximate surface area is 177 Å². The highest BCUT2D eigenvalue weighted by Gasteiger charge is 2.26. The van der Waals surface area contributed by atoms with Gasteiger partial charge in [-0.15, -0.1) is 0 Å². The second-order valence-electron chi connectivity index (χ2n) is 7.97. The van der Waals surface area contributed by atoms with Crippen LogP contribution in [0.1, 0.15) is 50.9 Å². The van der Waals surface area contributed by atoms with E-state index in [9.17, 15) is 9.18 Å². The lowest BCUT2D eigenvalue weighted by molar-refractivity contribution is -0.136. The summed E-state index contributed by atoms with van der Waals surface area (Å²) in [6, 6.07) is 4.84. The number of aliphatic imine (C=N–C) groups is 1. The zero-order valence-electron chi connectivity index (χ0n) is 18.4. The summed E-state index contributed by atoms with van der Waals surface area (Å²) in [5, 5.41) is 7.54. The third kappa shape index (κ3) is 4.94. The Morgan fingerprint density at radius 3 is 2.63 bits per heavy atom. The van der Waals surface area contributed by atoms with Crippen LogP contribution in [0.25, 0.3) is 11.0 Å². The number of fused-ring (bicyclic) bond motifs is 1. The molecule has 30 heavy (non-hydrogen) atoms. The quantitative estimate of drug-likeness (QED) is 0.552. The van der Waals surface area contributed by atoms with E-state index < -0.39 is 0 Å². The van der Waals surface area contributed by atoms with Crippen molar-refractivity contribution in [2.75, 3.05) is 20.1 Å². The van der Waals surface area contributed by atoms with Gasteiger partial charge >= 0.3 is 0 Å². The molecule has 2 N–H and O–H groups in total. The molecular weight excluding hydrogens is 383 g/mol. The van der Waals surface area contributed by atoms with E-state index >= 15 is 0 Å². The van der Waals surface area contributed by atoms with Crippen molar-refractivity contribution in [1.29, 1.82) is 0 Å². The SMILES string of the molecule is CCC(CC)C(=O)N1CCC(NC(=NC)NCc2oc3ccc(F)cc3c2C)CC1. The molecule has 0 aliphatic carbocycles. The number of amides is 1. The van der Waals surface area contributed by atoms with Crippen molar-refractivity contribution in [3.63, 3.8) is 0 Å². The normalized spacial score (nSPS) is 15.8. The number of guanidine groups is 1. The van der Waals surface area contributed by atoms with Crippen LogP contribution in [0.5, 0.6) is 0 Å². The minimum atomic E-state index is -0.266. The van der Waals surface area contributed by atoms with Crippen molar-refractivity contribution < 1.29 is 13.6 Å².